The lowest BCUT2D eigenvalue weighted by molar-refractivity contribution is 0.399. The van der Waals surface area contributed by atoms with Gasteiger partial charge in [0.05, 0.1) is 8.59 Å². The van der Waals surface area contributed by atoms with Crippen LogP contribution in [0.4, 0.5) is 0 Å². The highest BCUT2D eigenvalue weighted by atomic mass is 127. The summed E-state index contributed by atoms with van der Waals surface area (Å²) in [6.45, 7) is 1.88. The highest BCUT2D eigenvalue weighted by Gasteiger charge is 2.13. The van der Waals surface area contributed by atoms with Crippen molar-refractivity contribution in [3.05, 3.63) is 38.6 Å². The molecule has 72 valence electrons. The van der Waals surface area contributed by atoms with E-state index in [0.717, 1.165) is 20.6 Å². The van der Waals surface area contributed by atoms with E-state index in [-0.39, 0.29) is 0 Å². The summed E-state index contributed by atoms with van der Waals surface area (Å²) >= 11 is 8.26. The van der Waals surface area contributed by atoms with Gasteiger partial charge in [-0.2, -0.15) is 0 Å². The first-order chi connectivity index (χ1) is 6.70. The Bertz CT molecular complexity index is 467. The third-order valence-electron chi connectivity index (χ3n) is 1.92. The molecule has 0 bridgehead atoms. The first-order valence-corrected chi connectivity index (χ1v) is 5.52. The van der Waals surface area contributed by atoms with E-state index in [1.54, 1.807) is 0 Å². The Kier molecular flexibility index (Phi) is 2.78. The molecule has 1 aromatic carbocycles. The van der Waals surface area contributed by atoms with Gasteiger partial charge in [0.25, 0.3) is 0 Å². The lowest BCUT2D eigenvalue weighted by atomic mass is 10.1. The predicted molar refractivity (Wildman–Crippen MR) is 64.4 cm³/mol. The standard InChI is InChI=1S/C10H7ClINO/c1-6-9(12)10(13-14-6)7-4-2-3-5-8(7)11/h2-5H,1H3. The molecule has 2 rings (SSSR count). The molecule has 1 heterocycles. The van der Waals surface area contributed by atoms with Crippen LogP contribution in [0.2, 0.25) is 5.02 Å². The summed E-state index contributed by atoms with van der Waals surface area (Å²) in [6, 6.07) is 7.60. The van der Waals surface area contributed by atoms with Crippen molar-refractivity contribution < 1.29 is 4.52 Å². The number of hydrogen-bond acceptors (Lipinski definition) is 2. The molecule has 0 unspecified atom stereocenters. The van der Waals surface area contributed by atoms with Crippen LogP contribution in [0.1, 0.15) is 5.76 Å². The van der Waals surface area contributed by atoms with Gasteiger partial charge in [0.15, 0.2) is 0 Å². The lowest BCUT2D eigenvalue weighted by Crippen LogP contribution is -1.81. The second kappa shape index (κ2) is 3.90. The maximum absolute atomic E-state index is 6.05. The second-order valence-corrected chi connectivity index (χ2v) is 4.37. The fraction of sp³-hybridized carbons (Fsp3) is 0.100. The van der Waals surface area contributed by atoms with Crippen molar-refractivity contribution in [1.29, 1.82) is 0 Å². The zero-order chi connectivity index (χ0) is 10.1. The fourth-order valence-corrected chi connectivity index (χ4v) is 1.89. The third-order valence-corrected chi connectivity index (χ3v) is 3.52. The van der Waals surface area contributed by atoms with Crippen LogP contribution in [0, 0.1) is 10.5 Å². The van der Waals surface area contributed by atoms with E-state index in [2.05, 4.69) is 27.7 Å². The van der Waals surface area contributed by atoms with E-state index in [1.165, 1.54) is 0 Å². The Morgan fingerprint density at radius 2 is 2.07 bits per heavy atom. The highest BCUT2D eigenvalue weighted by molar-refractivity contribution is 14.1. The summed E-state index contributed by atoms with van der Waals surface area (Å²) in [5, 5.41) is 4.67. The molecule has 0 aliphatic rings. The summed E-state index contributed by atoms with van der Waals surface area (Å²) in [4.78, 5) is 0. The summed E-state index contributed by atoms with van der Waals surface area (Å²) in [5.74, 6) is 0.820. The van der Waals surface area contributed by atoms with Crippen molar-refractivity contribution in [3.63, 3.8) is 0 Å². The maximum atomic E-state index is 6.05. The summed E-state index contributed by atoms with van der Waals surface area (Å²) in [5.41, 5.74) is 1.73. The van der Waals surface area contributed by atoms with Gasteiger partial charge in [0.2, 0.25) is 0 Å². The van der Waals surface area contributed by atoms with Gasteiger partial charge in [-0.15, -0.1) is 0 Å². The number of aromatic nitrogens is 1. The molecule has 4 heteroatoms. The number of aryl methyl sites for hydroxylation is 1. The molecule has 0 saturated heterocycles. The van der Waals surface area contributed by atoms with Crippen molar-refractivity contribution in [2.45, 2.75) is 6.92 Å². The Balaban J connectivity index is 2.60. The van der Waals surface area contributed by atoms with E-state index >= 15 is 0 Å². The second-order valence-electron chi connectivity index (χ2n) is 2.88. The molecule has 1 aromatic heterocycles. The van der Waals surface area contributed by atoms with E-state index in [0.29, 0.717) is 5.02 Å². The predicted octanol–water partition coefficient (Wildman–Crippen LogP) is 3.91. The van der Waals surface area contributed by atoms with Gasteiger partial charge >= 0.3 is 0 Å². The maximum Gasteiger partial charge on any atom is 0.147 e. The molecular weight excluding hydrogens is 312 g/mol. The van der Waals surface area contributed by atoms with E-state index in [4.69, 9.17) is 16.1 Å². The summed E-state index contributed by atoms with van der Waals surface area (Å²) in [7, 11) is 0. The van der Waals surface area contributed by atoms with Crippen molar-refractivity contribution in [1.82, 2.24) is 5.16 Å². The van der Waals surface area contributed by atoms with E-state index in [1.807, 2.05) is 31.2 Å². The minimum Gasteiger partial charge on any atom is -0.360 e. The molecule has 0 saturated carbocycles. The average Bonchev–Trinajstić information content (AvgIpc) is 2.49. The first kappa shape index (κ1) is 9.98. The normalized spacial score (nSPS) is 10.5. The minimum atomic E-state index is 0.693. The zero-order valence-electron chi connectivity index (χ0n) is 7.42. The lowest BCUT2D eigenvalue weighted by Gasteiger charge is -1.98. The van der Waals surface area contributed by atoms with E-state index < -0.39 is 0 Å². The molecule has 2 nitrogen and oxygen atoms in total. The van der Waals surface area contributed by atoms with Gasteiger partial charge in [0.1, 0.15) is 11.5 Å². The molecular formula is C10H7ClINO. The quantitative estimate of drug-likeness (QED) is 0.745. The van der Waals surface area contributed by atoms with Gasteiger partial charge < -0.3 is 4.52 Å². The number of benzene rings is 1. The van der Waals surface area contributed by atoms with Crippen molar-refractivity contribution >= 4 is 34.2 Å². The molecule has 0 spiro atoms. The highest BCUT2D eigenvalue weighted by Crippen LogP contribution is 2.31. The van der Waals surface area contributed by atoms with Crippen molar-refractivity contribution in [2.24, 2.45) is 0 Å². The fourth-order valence-electron chi connectivity index (χ4n) is 1.18. The third kappa shape index (κ3) is 1.66. The SMILES string of the molecule is Cc1onc(-c2ccccc2Cl)c1I. The molecule has 0 aliphatic heterocycles. The topological polar surface area (TPSA) is 26.0 Å². The zero-order valence-corrected chi connectivity index (χ0v) is 10.3. The first-order valence-electron chi connectivity index (χ1n) is 4.07. The van der Waals surface area contributed by atoms with Gasteiger partial charge in [-0.25, -0.2) is 0 Å². The molecule has 2 aromatic rings. The van der Waals surface area contributed by atoms with Gasteiger partial charge in [-0.1, -0.05) is 35.0 Å². The van der Waals surface area contributed by atoms with Crippen LogP contribution in [0.15, 0.2) is 28.8 Å². The average molecular weight is 320 g/mol. The smallest absolute Gasteiger partial charge is 0.147 e. The Hall–Kier alpha value is -0.550. The van der Waals surface area contributed by atoms with Crippen LogP contribution in [0.3, 0.4) is 0 Å². The van der Waals surface area contributed by atoms with Crippen LogP contribution in [-0.2, 0) is 0 Å². The van der Waals surface area contributed by atoms with Gasteiger partial charge in [-0.05, 0) is 35.6 Å². The summed E-state index contributed by atoms with van der Waals surface area (Å²) in [6.07, 6.45) is 0. The minimum absolute atomic E-state index is 0.693. The molecule has 0 atom stereocenters. The van der Waals surface area contributed by atoms with Crippen LogP contribution in [-0.4, -0.2) is 5.16 Å². The largest absolute Gasteiger partial charge is 0.360 e. The van der Waals surface area contributed by atoms with Crippen LogP contribution in [0.25, 0.3) is 11.3 Å². The Morgan fingerprint density at radius 1 is 1.36 bits per heavy atom. The summed E-state index contributed by atoms with van der Waals surface area (Å²) < 4.78 is 6.10. The van der Waals surface area contributed by atoms with E-state index in [9.17, 15) is 0 Å². The molecule has 0 radical (unpaired) electrons. The van der Waals surface area contributed by atoms with Crippen LogP contribution < -0.4 is 0 Å². The van der Waals surface area contributed by atoms with Crippen molar-refractivity contribution in [3.8, 4) is 11.3 Å². The number of rotatable bonds is 1. The Labute approximate surface area is 100 Å². The number of nitrogens with zero attached hydrogens (tertiary/aromatic N) is 1. The molecule has 0 fully saturated rings. The molecule has 0 aliphatic carbocycles. The van der Waals surface area contributed by atoms with Crippen molar-refractivity contribution in [2.75, 3.05) is 0 Å². The van der Waals surface area contributed by atoms with Crippen LogP contribution >= 0.6 is 34.2 Å². The molecule has 0 N–H and O–H groups in total. The molecule has 14 heavy (non-hydrogen) atoms. The Morgan fingerprint density at radius 3 is 2.64 bits per heavy atom. The van der Waals surface area contributed by atoms with Crippen LogP contribution in [0.5, 0.6) is 0 Å². The molecule has 0 amide bonds. The monoisotopic (exact) mass is 319 g/mol. The number of hydrogen-bond donors (Lipinski definition) is 0. The van der Waals surface area contributed by atoms with Gasteiger partial charge in [0, 0.05) is 5.56 Å². The van der Waals surface area contributed by atoms with Gasteiger partial charge in [-0.3, -0.25) is 0 Å². The number of halogens is 2.